The highest BCUT2D eigenvalue weighted by Crippen LogP contribution is 2.34. The van der Waals surface area contributed by atoms with Gasteiger partial charge in [0.05, 0.1) is 31.2 Å². The number of amides is 2. The summed E-state index contributed by atoms with van der Waals surface area (Å²) in [5.74, 6) is -1.01. The van der Waals surface area contributed by atoms with E-state index < -0.39 is 5.92 Å². The Balaban J connectivity index is 1.68. The molecule has 2 heterocycles. The quantitative estimate of drug-likeness (QED) is 0.615. The molecular formula is C25H30N3O2+. The van der Waals surface area contributed by atoms with Crippen LogP contribution in [0.5, 0.6) is 0 Å². The predicted molar refractivity (Wildman–Crippen MR) is 120 cm³/mol. The Morgan fingerprint density at radius 3 is 2.73 bits per heavy atom. The van der Waals surface area contributed by atoms with Crippen LogP contribution in [0.4, 0.5) is 5.69 Å². The maximum absolute atomic E-state index is 13.5. The van der Waals surface area contributed by atoms with Crippen molar-refractivity contribution in [2.45, 2.75) is 45.6 Å². The van der Waals surface area contributed by atoms with Crippen molar-refractivity contribution in [2.24, 2.45) is 4.99 Å². The van der Waals surface area contributed by atoms with E-state index in [0.29, 0.717) is 17.3 Å². The van der Waals surface area contributed by atoms with Gasteiger partial charge in [-0.1, -0.05) is 30.3 Å². The van der Waals surface area contributed by atoms with Crippen LogP contribution in [0.25, 0.3) is 0 Å². The van der Waals surface area contributed by atoms with Gasteiger partial charge >= 0.3 is 0 Å². The van der Waals surface area contributed by atoms with E-state index in [2.05, 4.69) is 6.92 Å². The van der Waals surface area contributed by atoms with E-state index in [1.165, 1.54) is 24.3 Å². The monoisotopic (exact) mass is 404 g/mol. The van der Waals surface area contributed by atoms with Crippen LogP contribution in [0.2, 0.25) is 0 Å². The second kappa shape index (κ2) is 8.52. The second-order valence-electron chi connectivity index (χ2n) is 8.38. The number of aryl methyl sites for hydroxylation is 1. The maximum atomic E-state index is 13.5. The third-order valence-corrected chi connectivity index (χ3v) is 6.69. The minimum absolute atomic E-state index is 0.220. The summed E-state index contributed by atoms with van der Waals surface area (Å²) >= 11 is 0. The first-order valence-electron chi connectivity index (χ1n) is 10.9. The fourth-order valence-corrected chi connectivity index (χ4v) is 4.77. The summed E-state index contributed by atoms with van der Waals surface area (Å²) in [5.41, 5.74) is 4.00. The van der Waals surface area contributed by atoms with Crippen molar-refractivity contribution in [1.29, 1.82) is 0 Å². The molecule has 0 spiro atoms. The molecule has 0 aliphatic carbocycles. The molecule has 2 amide bonds. The van der Waals surface area contributed by atoms with Crippen molar-refractivity contribution in [3.8, 4) is 0 Å². The van der Waals surface area contributed by atoms with Crippen LogP contribution in [0.15, 0.2) is 47.5 Å². The average molecular weight is 405 g/mol. The van der Waals surface area contributed by atoms with E-state index in [1.54, 1.807) is 11.1 Å². The van der Waals surface area contributed by atoms with Gasteiger partial charge in [-0.05, 0) is 49.6 Å². The van der Waals surface area contributed by atoms with E-state index in [0.717, 1.165) is 29.8 Å². The highest BCUT2D eigenvalue weighted by atomic mass is 16.2. The van der Waals surface area contributed by atoms with Crippen molar-refractivity contribution in [3.63, 3.8) is 0 Å². The normalized spacial score (nSPS) is 24.0. The molecule has 156 valence electrons. The smallest absolute Gasteiger partial charge is 0.265 e. The number of hydrogen-bond acceptors (Lipinski definition) is 3. The highest BCUT2D eigenvalue weighted by Gasteiger charge is 2.39. The number of imide groups is 1. The molecule has 3 atom stereocenters. The van der Waals surface area contributed by atoms with E-state index in [4.69, 9.17) is 4.99 Å². The van der Waals surface area contributed by atoms with Gasteiger partial charge in [0.1, 0.15) is 6.04 Å². The van der Waals surface area contributed by atoms with Crippen LogP contribution in [0.3, 0.4) is 0 Å². The van der Waals surface area contributed by atoms with Gasteiger partial charge in [-0.15, -0.1) is 0 Å². The van der Waals surface area contributed by atoms with Gasteiger partial charge in [-0.2, -0.15) is 0 Å². The molecule has 2 aromatic rings. The van der Waals surface area contributed by atoms with E-state index in [-0.39, 0.29) is 11.8 Å². The molecule has 5 nitrogen and oxygen atoms in total. The van der Waals surface area contributed by atoms with Crippen molar-refractivity contribution < 1.29 is 14.5 Å². The zero-order valence-corrected chi connectivity index (χ0v) is 18.0. The summed E-state index contributed by atoms with van der Waals surface area (Å²) < 4.78 is 0. The molecule has 2 aliphatic heterocycles. The number of aliphatic imine (C=N–C) groups is 1. The lowest BCUT2D eigenvalue weighted by atomic mass is 9.88. The summed E-state index contributed by atoms with van der Waals surface area (Å²) in [5, 5.41) is 0. The summed E-state index contributed by atoms with van der Waals surface area (Å²) in [6.07, 6.45) is 4.20. The van der Waals surface area contributed by atoms with Gasteiger partial charge in [0, 0.05) is 24.6 Å². The first-order chi connectivity index (χ1) is 14.5. The van der Waals surface area contributed by atoms with Crippen LogP contribution < -0.4 is 9.80 Å². The SMILES string of the molecule is CC[NH+]1CCC[C@@H]1CN=CC1C(=O)N(c2cccc(C)c2C)C(=O)c2ccccc21. The van der Waals surface area contributed by atoms with E-state index in [9.17, 15) is 9.59 Å². The number of hydrogen-bond donors (Lipinski definition) is 1. The third kappa shape index (κ3) is 3.58. The Kier molecular flexibility index (Phi) is 5.82. The molecule has 0 radical (unpaired) electrons. The number of carbonyl (C=O) groups excluding carboxylic acids is 2. The molecule has 0 bridgehead atoms. The fraction of sp³-hybridized carbons (Fsp3) is 0.400. The number of likely N-dealkylation sites (N-methyl/N-ethyl adjacent to an activating group) is 1. The van der Waals surface area contributed by atoms with Crippen LogP contribution in [0, 0.1) is 13.8 Å². The second-order valence-corrected chi connectivity index (χ2v) is 8.38. The lowest BCUT2D eigenvalue weighted by Crippen LogP contribution is -3.13. The molecule has 1 saturated heterocycles. The number of anilines is 1. The Bertz CT molecular complexity index is 998. The molecule has 30 heavy (non-hydrogen) atoms. The van der Waals surface area contributed by atoms with Crippen LogP contribution in [-0.2, 0) is 4.79 Å². The fourth-order valence-electron chi connectivity index (χ4n) is 4.77. The van der Waals surface area contributed by atoms with Gasteiger partial charge in [0.15, 0.2) is 0 Å². The number of nitrogens with zero attached hydrogens (tertiary/aromatic N) is 2. The number of carbonyl (C=O) groups is 2. The zero-order chi connectivity index (χ0) is 21.3. The molecule has 0 aromatic heterocycles. The molecule has 0 saturated carbocycles. The molecule has 2 aliphatic rings. The summed E-state index contributed by atoms with van der Waals surface area (Å²) in [6.45, 7) is 9.21. The minimum Gasteiger partial charge on any atom is -0.331 e. The van der Waals surface area contributed by atoms with Crippen molar-refractivity contribution >= 4 is 23.7 Å². The summed E-state index contributed by atoms with van der Waals surface area (Å²) in [7, 11) is 0. The first-order valence-corrected chi connectivity index (χ1v) is 10.9. The van der Waals surface area contributed by atoms with Crippen molar-refractivity contribution in [2.75, 3.05) is 24.5 Å². The Labute approximate surface area is 178 Å². The maximum Gasteiger partial charge on any atom is 0.265 e. The number of rotatable bonds is 5. The van der Waals surface area contributed by atoms with Gasteiger partial charge in [-0.3, -0.25) is 14.6 Å². The number of fused-ring (bicyclic) bond motifs is 1. The summed E-state index contributed by atoms with van der Waals surface area (Å²) in [6, 6.07) is 13.7. The van der Waals surface area contributed by atoms with E-state index >= 15 is 0 Å². The van der Waals surface area contributed by atoms with Gasteiger partial charge in [0.25, 0.3) is 5.91 Å². The van der Waals surface area contributed by atoms with Gasteiger partial charge in [-0.25, -0.2) is 4.90 Å². The third-order valence-electron chi connectivity index (χ3n) is 6.69. The van der Waals surface area contributed by atoms with Crippen molar-refractivity contribution in [1.82, 2.24) is 0 Å². The predicted octanol–water partition coefficient (Wildman–Crippen LogP) is 2.71. The zero-order valence-electron chi connectivity index (χ0n) is 18.0. The van der Waals surface area contributed by atoms with Crippen LogP contribution in [0.1, 0.15) is 52.7 Å². The van der Waals surface area contributed by atoms with E-state index in [1.807, 2.05) is 56.3 Å². The Morgan fingerprint density at radius 1 is 1.13 bits per heavy atom. The first kappa shape index (κ1) is 20.5. The number of nitrogens with one attached hydrogen (secondary N) is 1. The van der Waals surface area contributed by atoms with Crippen LogP contribution >= 0.6 is 0 Å². The molecule has 4 rings (SSSR count). The Morgan fingerprint density at radius 2 is 1.93 bits per heavy atom. The Hall–Kier alpha value is -2.79. The molecule has 2 unspecified atom stereocenters. The summed E-state index contributed by atoms with van der Waals surface area (Å²) in [4.78, 5) is 34.4. The van der Waals surface area contributed by atoms with Crippen LogP contribution in [-0.4, -0.2) is 43.7 Å². The average Bonchev–Trinajstić information content (AvgIpc) is 3.21. The topological polar surface area (TPSA) is 54.2 Å². The van der Waals surface area contributed by atoms with Gasteiger partial charge in [0.2, 0.25) is 5.91 Å². The minimum atomic E-state index is -0.537. The molecule has 5 heteroatoms. The highest BCUT2D eigenvalue weighted by molar-refractivity contribution is 6.29. The number of quaternary nitrogens is 1. The molecule has 2 aromatic carbocycles. The standard InChI is InChI=1S/C25H29N3O2/c1-4-27-14-8-10-19(27)15-26-16-22-20-11-5-6-12-21(20)24(29)28(25(22)30)23-13-7-9-17(2)18(23)3/h5-7,9,11-13,16,19,22H,4,8,10,14-15H2,1-3H3/p+1/t19-,22?/m1/s1. The largest absolute Gasteiger partial charge is 0.331 e. The van der Waals surface area contributed by atoms with Crippen molar-refractivity contribution in [3.05, 3.63) is 64.7 Å². The van der Waals surface area contributed by atoms with Gasteiger partial charge < -0.3 is 4.90 Å². The molecule has 1 N–H and O–H groups in total. The molecular weight excluding hydrogens is 374 g/mol. The lowest BCUT2D eigenvalue weighted by molar-refractivity contribution is -0.908. The molecule has 1 fully saturated rings. The lowest BCUT2D eigenvalue weighted by Gasteiger charge is -2.32. The number of likely N-dealkylation sites (tertiary alicyclic amines) is 1. The number of benzene rings is 2.